The molecule has 6 bridgehead atoms. The third-order valence-corrected chi connectivity index (χ3v) is 10.1. The lowest BCUT2D eigenvalue weighted by Gasteiger charge is -2.07. The normalized spacial score (nSPS) is 10.6. The van der Waals surface area contributed by atoms with E-state index in [9.17, 15) is 30.6 Å². The van der Waals surface area contributed by atoms with E-state index in [1.807, 2.05) is 0 Å². The van der Waals surface area contributed by atoms with E-state index in [1.54, 1.807) is 36.4 Å². The molecule has 0 saturated heterocycles. The minimum absolute atomic E-state index is 0.130. The lowest BCUT2D eigenvalue weighted by Crippen LogP contribution is -1.91. The van der Waals surface area contributed by atoms with Gasteiger partial charge in [-0.2, -0.15) is 0 Å². The van der Waals surface area contributed by atoms with Gasteiger partial charge in [0, 0.05) is 106 Å². The summed E-state index contributed by atoms with van der Waals surface area (Å²) in [4.78, 5) is 27.2. The second-order valence-corrected chi connectivity index (χ2v) is 14.0. The summed E-state index contributed by atoms with van der Waals surface area (Å²) in [7, 11) is 8.70. The SMILES string of the molecule is COc1cc2ncc3ccc(cnc4cc(OC)c(OC)cc4ncc4ccc(cnc5cc(OC)c(OC)cc5ncc5ccc(cnc2cc1OC)c(O)c5O)c(O)c4O)c(O)c3O. The number of aromatic nitrogens is 6. The second kappa shape index (κ2) is 19.5. The standard InChI is InChI=1S/C48H42N6O12/c1-61-37-13-31-32(14-38(37)62-2)50-20-26-9-10-28(46(58)44(26)56)22-52-35-17-41(65-5)42(66-6)18-36(35)54-24-30-12-11-29(47(59)48(30)60)23-53-34-16-40(64-4)39(63-3)15-33(34)51-21-27-8-7-25(19-49-31)43(55)45(27)57/h7-24,55-60H,1-6H3. The maximum Gasteiger partial charge on any atom is 0.167 e. The molecule has 0 unspecified atom stereocenters. The monoisotopic (exact) mass is 894 g/mol. The fourth-order valence-corrected chi connectivity index (χ4v) is 6.49. The molecule has 0 spiro atoms. The van der Waals surface area contributed by atoms with E-state index in [-0.39, 0.29) is 65.4 Å². The lowest BCUT2D eigenvalue weighted by atomic mass is 10.2. The first-order valence-corrected chi connectivity index (χ1v) is 19.6. The molecule has 0 fully saturated rings. The number of hydrogen-bond donors (Lipinski definition) is 6. The van der Waals surface area contributed by atoms with Crippen LogP contribution in [0.2, 0.25) is 0 Å². The van der Waals surface area contributed by atoms with Crippen molar-refractivity contribution in [2.45, 2.75) is 0 Å². The van der Waals surface area contributed by atoms with E-state index < -0.39 is 34.5 Å². The summed E-state index contributed by atoms with van der Waals surface area (Å²) in [6.45, 7) is 0. The first kappa shape index (κ1) is 45.0. The second-order valence-electron chi connectivity index (χ2n) is 14.0. The van der Waals surface area contributed by atoms with Crippen molar-refractivity contribution in [1.82, 2.24) is 29.9 Å². The highest BCUT2D eigenvalue weighted by Crippen LogP contribution is 2.38. The molecular formula is C48H42N6O12. The largest absolute Gasteiger partial charge is 0.504 e. The zero-order valence-corrected chi connectivity index (χ0v) is 36.2. The van der Waals surface area contributed by atoms with Crippen molar-refractivity contribution < 1.29 is 59.1 Å². The Kier molecular flexibility index (Phi) is 13.3. The molecule has 18 nitrogen and oxygen atoms in total. The van der Waals surface area contributed by atoms with Crippen LogP contribution in [0, 0.1) is 0 Å². The highest BCUT2D eigenvalue weighted by molar-refractivity contribution is 5.86. The number of benzene rings is 6. The van der Waals surface area contributed by atoms with Gasteiger partial charge < -0.3 is 59.1 Å². The topological polar surface area (TPSA) is 254 Å². The van der Waals surface area contributed by atoms with Gasteiger partial charge in [-0.15, -0.1) is 0 Å². The fraction of sp³-hybridized carbons (Fsp3) is 0.125. The van der Waals surface area contributed by atoms with Crippen molar-refractivity contribution >= 4 is 65.4 Å². The Morgan fingerprint density at radius 1 is 0.258 bits per heavy atom. The molecule has 4 aromatic heterocycles. The maximum absolute atomic E-state index is 11.1. The number of phenols is 6. The van der Waals surface area contributed by atoms with Crippen LogP contribution in [-0.2, 0) is 0 Å². The van der Waals surface area contributed by atoms with Gasteiger partial charge in [0.15, 0.2) is 69.0 Å². The summed E-state index contributed by atoms with van der Waals surface area (Å²) in [6.07, 6.45) is 7.85. The molecule has 0 saturated carbocycles. The van der Waals surface area contributed by atoms with Gasteiger partial charge in [0.2, 0.25) is 0 Å². The molecule has 0 aliphatic rings. The van der Waals surface area contributed by atoms with Gasteiger partial charge in [0.1, 0.15) is 0 Å². The molecule has 0 atom stereocenters. The lowest BCUT2D eigenvalue weighted by molar-refractivity contribution is 0.355. The zero-order valence-electron chi connectivity index (χ0n) is 36.2. The van der Waals surface area contributed by atoms with Gasteiger partial charge in [-0.25, -0.2) is 0 Å². The number of rotatable bonds is 6. The molecule has 6 aromatic carbocycles. The Bertz CT molecular complexity index is 2820. The molecule has 4 heterocycles. The van der Waals surface area contributed by atoms with Crippen molar-refractivity contribution in [2.75, 3.05) is 42.7 Å². The van der Waals surface area contributed by atoms with Crippen LogP contribution in [0.15, 0.2) is 110 Å². The van der Waals surface area contributed by atoms with Crippen LogP contribution in [0.4, 0.5) is 0 Å². The van der Waals surface area contributed by atoms with Crippen LogP contribution >= 0.6 is 0 Å². The number of fused-ring (bicyclic) bond motifs is 3. The molecule has 0 radical (unpaired) electrons. The predicted molar refractivity (Wildman–Crippen MR) is 247 cm³/mol. The summed E-state index contributed by atoms with van der Waals surface area (Å²) < 4.78 is 33.0. The molecule has 336 valence electrons. The average molecular weight is 895 g/mol. The molecule has 0 aliphatic carbocycles. The fourth-order valence-electron chi connectivity index (χ4n) is 6.49. The van der Waals surface area contributed by atoms with Gasteiger partial charge in [0.05, 0.1) is 75.8 Å². The Balaban J connectivity index is 1.58. The number of aromatic hydroxyl groups is 6. The van der Waals surface area contributed by atoms with E-state index >= 15 is 0 Å². The summed E-state index contributed by atoms with van der Waals surface area (Å²) in [6, 6.07) is 18.4. The molecule has 10 rings (SSSR count). The van der Waals surface area contributed by atoms with E-state index in [0.29, 0.717) is 34.5 Å². The van der Waals surface area contributed by atoms with Crippen LogP contribution in [-0.4, -0.2) is 103 Å². The van der Waals surface area contributed by atoms with Crippen molar-refractivity contribution in [2.24, 2.45) is 0 Å². The summed E-state index contributed by atoms with van der Waals surface area (Å²) in [5, 5.41) is 67.6. The van der Waals surface area contributed by atoms with Gasteiger partial charge in [-0.3, -0.25) is 29.9 Å². The number of phenolic OH excluding ortho intramolecular Hbond substituents is 6. The smallest absolute Gasteiger partial charge is 0.167 e. The van der Waals surface area contributed by atoms with Crippen molar-refractivity contribution in [1.29, 1.82) is 0 Å². The van der Waals surface area contributed by atoms with Gasteiger partial charge in [-0.05, 0) is 36.4 Å². The average Bonchev–Trinajstić information content (AvgIpc) is 3.33. The predicted octanol–water partition coefficient (Wildman–Crippen LogP) is 8.32. The van der Waals surface area contributed by atoms with E-state index in [2.05, 4.69) is 29.9 Å². The van der Waals surface area contributed by atoms with Gasteiger partial charge in [-0.1, -0.05) is 0 Å². The van der Waals surface area contributed by atoms with Gasteiger partial charge in [0.25, 0.3) is 0 Å². The first-order chi connectivity index (χ1) is 31.9. The third kappa shape index (κ3) is 9.18. The van der Waals surface area contributed by atoms with Crippen LogP contribution in [0.25, 0.3) is 65.4 Å². The third-order valence-electron chi connectivity index (χ3n) is 10.1. The molecule has 18 heteroatoms. The quantitative estimate of drug-likeness (QED) is 0.0858. The number of hydrogen-bond acceptors (Lipinski definition) is 18. The summed E-state index contributed by atoms with van der Waals surface area (Å²) >= 11 is 0. The Hall–Kier alpha value is -9.06. The molecule has 0 amide bonds. The van der Waals surface area contributed by atoms with E-state index in [1.165, 1.54) is 116 Å². The van der Waals surface area contributed by atoms with Crippen LogP contribution in [0.5, 0.6) is 69.0 Å². The van der Waals surface area contributed by atoms with Crippen LogP contribution in [0.1, 0.15) is 0 Å². The van der Waals surface area contributed by atoms with Crippen molar-refractivity contribution in [3.8, 4) is 69.0 Å². The van der Waals surface area contributed by atoms with Crippen LogP contribution in [0.3, 0.4) is 0 Å². The number of methoxy groups -OCH3 is 6. The molecular weight excluding hydrogens is 853 g/mol. The van der Waals surface area contributed by atoms with Crippen molar-refractivity contribution in [3.05, 3.63) is 110 Å². The van der Waals surface area contributed by atoms with E-state index in [0.717, 1.165) is 0 Å². The summed E-state index contributed by atoms with van der Waals surface area (Å²) in [5.74, 6) is -1.13. The van der Waals surface area contributed by atoms with Crippen LogP contribution < -0.4 is 28.4 Å². The van der Waals surface area contributed by atoms with E-state index in [4.69, 9.17) is 28.4 Å². The highest BCUT2D eigenvalue weighted by Gasteiger charge is 2.12. The highest BCUT2D eigenvalue weighted by atomic mass is 16.5. The van der Waals surface area contributed by atoms with Gasteiger partial charge >= 0.3 is 0 Å². The Morgan fingerprint density at radius 2 is 0.394 bits per heavy atom. The molecule has 66 heavy (non-hydrogen) atoms. The maximum atomic E-state index is 11.1. The molecule has 0 aliphatic heterocycles. The molecule has 6 N–H and O–H groups in total. The Labute approximate surface area is 375 Å². The van der Waals surface area contributed by atoms with Crippen molar-refractivity contribution in [3.63, 3.8) is 0 Å². The summed E-state index contributed by atoms with van der Waals surface area (Å²) in [5.41, 5.74) is 1.47. The number of nitrogens with zero attached hydrogens (tertiary/aromatic N) is 6. The molecule has 10 aromatic rings. The number of ether oxygens (including phenoxy) is 6. The minimum atomic E-state index is -0.506. The Morgan fingerprint density at radius 3 is 0.515 bits per heavy atom. The first-order valence-electron chi connectivity index (χ1n) is 19.6. The zero-order chi connectivity index (χ0) is 47.1. The minimum Gasteiger partial charge on any atom is -0.504 e.